The molecule has 1 aliphatic heterocycles. The summed E-state index contributed by atoms with van der Waals surface area (Å²) in [7, 11) is 0. The Morgan fingerprint density at radius 3 is 2.56 bits per heavy atom. The summed E-state index contributed by atoms with van der Waals surface area (Å²) in [5.74, 6) is 7.36. The van der Waals surface area contributed by atoms with Gasteiger partial charge in [0.25, 0.3) is 0 Å². The molecule has 0 amide bonds. The fraction of sp³-hybridized carbons (Fsp3) is 0.312. The molecule has 18 heavy (non-hydrogen) atoms. The summed E-state index contributed by atoms with van der Waals surface area (Å²) >= 11 is -1.71. The van der Waals surface area contributed by atoms with Gasteiger partial charge in [0.05, 0.1) is 0 Å². The minimum atomic E-state index is -1.71. The molecule has 0 unspecified atom stereocenters. The number of hydrogen-bond acceptors (Lipinski definition) is 0. The van der Waals surface area contributed by atoms with Gasteiger partial charge in [0.1, 0.15) is 0 Å². The average Bonchev–Trinajstić information content (AvgIpc) is 2.67. The Morgan fingerprint density at radius 1 is 1.06 bits per heavy atom. The quantitative estimate of drug-likeness (QED) is 0.480. The van der Waals surface area contributed by atoms with Gasteiger partial charge in [0.15, 0.2) is 0 Å². The third-order valence-electron chi connectivity index (χ3n) is 3.91. The molecule has 0 fully saturated rings. The molecule has 1 aromatic carbocycles. The Kier molecular flexibility index (Phi) is 2.63. The van der Waals surface area contributed by atoms with Crippen LogP contribution in [0, 0.1) is 6.92 Å². The summed E-state index contributed by atoms with van der Waals surface area (Å²) in [6.45, 7) is 3.26. The van der Waals surface area contributed by atoms with Crippen LogP contribution < -0.4 is 8.96 Å². The Labute approximate surface area is 112 Å². The second-order valence-electron chi connectivity index (χ2n) is 6.28. The monoisotopic (exact) mass is 300 g/mol. The molecule has 3 rings (SSSR count). The molecular weight excluding hydrogens is 279 g/mol. The van der Waals surface area contributed by atoms with Crippen LogP contribution in [0.15, 0.2) is 36.5 Å². The van der Waals surface area contributed by atoms with Crippen LogP contribution in [0.1, 0.15) is 11.1 Å². The maximum absolute atomic E-state index is 2.45. The van der Waals surface area contributed by atoms with Crippen molar-refractivity contribution in [3.05, 3.63) is 47.7 Å². The predicted octanol–water partition coefficient (Wildman–Crippen LogP) is 2.86. The summed E-state index contributed by atoms with van der Waals surface area (Å²) < 4.78 is 4.02. The molecule has 1 aromatic heterocycles. The van der Waals surface area contributed by atoms with Crippen LogP contribution in [-0.2, 0) is 6.54 Å². The van der Waals surface area contributed by atoms with Crippen molar-refractivity contribution in [3.8, 4) is 11.3 Å². The van der Waals surface area contributed by atoms with Crippen molar-refractivity contribution in [2.45, 2.75) is 30.7 Å². The average molecular weight is 299 g/mol. The molecule has 2 heteroatoms. The van der Waals surface area contributed by atoms with Gasteiger partial charge in [-0.3, -0.25) is 0 Å². The fourth-order valence-corrected chi connectivity index (χ4v) is 5.05. The first-order chi connectivity index (χ1) is 8.47. The van der Waals surface area contributed by atoms with Crippen LogP contribution >= 0.6 is 0 Å². The molecular formula is C16H20GeN+. The molecule has 2 heterocycles. The van der Waals surface area contributed by atoms with Crippen molar-refractivity contribution in [2.24, 2.45) is 0 Å². The van der Waals surface area contributed by atoms with Crippen molar-refractivity contribution in [3.63, 3.8) is 0 Å². The van der Waals surface area contributed by atoms with E-state index in [1.807, 2.05) is 0 Å². The van der Waals surface area contributed by atoms with Gasteiger partial charge in [-0.25, -0.2) is 0 Å². The van der Waals surface area contributed by atoms with Crippen LogP contribution in [0.4, 0.5) is 0 Å². The van der Waals surface area contributed by atoms with E-state index < -0.39 is 13.3 Å². The van der Waals surface area contributed by atoms with E-state index >= 15 is 0 Å². The summed E-state index contributed by atoms with van der Waals surface area (Å²) in [5, 5.41) is 0. The second-order valence-corrected chi connectivity index (χ2v) is 16.9. The van der Waals surface area contributed by atoms with Gasteiger partial charge in [-0.1, -0.05) is 0 Å². The van der Waals surface area contributed by atoms with E-state index in [1.165, 1.54) is 22.4 Å². The molecule has 1 nitrogen and oxygen atoms in total. The van der Waals surface area contributed by atoms with E-state index in [0.29, 0.717) is 0 Å². The van der Waals surface area contributed by atoms with Gasteiger partial charge in [0.2, 0.25) is 0 Å². The van der Waals surface area contributed by atoms with Gasteiger partial charge < -0.3 is 0 Å². The van der Waals surface area contributed by atoms with Crippen LogP contribution in [-0.4, -0.2) is 13.3 Å². The summed E-state index contributed by atoms with van der Waals surface area (Å²) in [5.41, 5.74) is 5.71. The zero-order chi connectivity index (χ0) is 12.9. The number of aryl methyl sites for hydroxylation is 1. The van der Waals surface area contributed by atoms with Gasteiger partial charge >= 0.3 is 112 Å². The number of benzene rings is 1. The molecule has 2 aromatic rings. The third-order valence-corrected chi connectivity index (χ3v) is 8.16. The zero-order valence-corrected chi connectivity index (χ0v) is 13.7. The van der Waals surface area contributed by atoms with Crippen molar-refractivity contribution < 1.29 is 4.57 Å². The van der Waals surface area contributed by atoms with Gasteiger partial charge in [-0.05, 0) is 0 Å². The third kappa shape index (κ3) is 1.81. The second kappa shape index (κ2) is 3.96. The summed E-state index contributed by atoms with van der Waals surface area (Å²) in [6, 6.07) is 11.3. The number of hydrogen-bond donors (Lipinski definition) is 0. The molecule has 0 atom stereocenters. The number of nitrogens with zero attached hydrogens (tertiary/aromatic N) is 1. The Hall–Kier alpha value is -1.09. The van der Waals surface area contributed by atoms with Gasteiger partial charge in [-0.15, -0.1) is 0 Å². The van der Waals surface area contributed by atoms with Crippen LogP contribution in [0.25, 0.3) is 11.3 Å². The Morgan fingerprint density at radius 2 is 1.83 bits per heavy atom. The normalized spacial score (nSPS) is 13.3. The number of pyridine rings is 1. The molecule has 0 radical (unpaired) electrons. The molecule has 1 aliphatic rings. The SMILES string of the molecule is Cc1cccc2c1C[n+]1c[c]([Ge]([CH3])([CH3])[CH3])ccc1-2. The Balaban J connectivity index is 2.15. The van der Waals surface area contributed by atoms with Crippen LogP contribution in [0.3, 0.4) is 0 Å². The van der Waals surface area contributed by atoms with E-state index in [9.17, 15) is 0 Å². The van der Waals surface area contributed by atoms with Crippen LogP contribution in [0.2, 0.25) is 17.3 Å². The van der Waals surface area contributed by atoms with Crippen molar-refractivity contribution in [1.82, 2.24) is 0 Å². The standard InChI is InChI=1S/C16H20GeN/c1-12-6-5-7-14-15(12)11-18-10-13(17(2,3)4)8-9-16(14)18/h5-10H,11H2,1-4H3/q+1. The predicted molar refractivity (Wildman–Crippen MR) is 78.9 cm³/mol. The number of fused-ring (bicyclic) bond motifs is 3. The molecule has 0 saturated carbocycles. The van der Waals surface area contributed by atoms with E-state index in [1.54, 1.807) is 4.40 Å². The minimum absolute atomic E-state index is 1.05. The van der Waals surface area contributed by atoms with Crippen molar-refractivity contribution in [2.75, 3.05) is 0 Å². The first kappa shape index (κ1) is 12.0. The van der Waals surface area contributed by atoms with E-state index in [2.05, 4.69) is 65.3 Å². The van der Waals surface area contributed by atoms with Gasteiger partial charge in [0, 0.05) is 0 Å². The molecule has 92 valence electrons. The van der Waals surface area contributed by atoms with Crippen LogP contribution in [0.5, 0.6) is 0 Å². The molecule has 0 saturated heterocycles. The molecule has 0 bridgehead atoms. The van der Waals surface area contributed by atoms with Crippen molar-refractivity contribution in [1.29, 1.82) is 0 Å². The fourth-order valence-electron chi connectivity index (χ4n) is 2.69. The first-order valence-electron chi connectivity index (χ1n) is 6.59. The summed E-state index contributed by atoms with van der Waals surface area (Å²) in [4.78, 5) is 0. The van der Waals surface area contributed by atoms with E-state index in [-0.39, 0.29) is 0 Å². The van der Waals surface area contributed by atoms with Gasteiger partial charge in [-0.2, -0.15) is 0 Å². The zero-order valence-electron chi connectivity index (χ0n) is 11.6. The van der Waals surface area contributed by atoms with E-state index in [0.717, 1.165) is 6.54 Å². The summed E-state index contributed by atoms with van der Waals surface area (Å²) in [6.07, 6.45) is 2.40. The van der Waals surface area contributed by atoms with E-state index in [4.69, 9.17) is 0 Å². The first-order valence-corrected chi connectivity index (χ1v) is 13.9. The number of rotatable bonds is 1. The molecule has 0 aliphatic carbocycles. The number of aromatic nitrogens is 1. The molecule has 0 spiro atoms. The Bertz CT molecular complexity index is 623. The molecule has 0 N–H and O–H groups in total. The topological polar surface area (TPSA) is 3.88 Å². The van der Waals surface area contributed by atoms with Crippen molar-refractivity contribution >= 4 is 17.7 Å². The maximum atomic E-state index is 2.45.